The van der Waals surface area contributed by atoms with Crippen molar-refractivity contribution < 1.29 is 9.47 Å². The molecule has 2 saturated heterocycles. The molecule has 0 saturated carbocycles. The fraction of sp³-hybridized carbons (Fsp3) is 0.647. The van der Waals surface area contributed by atoms with E-state index in [1.165, 1.54) is 11.1 Å². The lowest BCUT2D eigenvalue weighted by atomic mass is 10.00. The highest BCUT2D eigenvalue weighted by molar-refractivity contribution is 5.30. The van der Waals surface area contributed by atoms with E-state index in [4.69, 9.17) is 9.47 Å². The average molecular weight is 290 g/mol. The maximum Gasteiger partial charge on any atom is 0.163 e. The molecule has 1 aromatic carbocycles. The Kier molecular flexibility index (Phi) is 4.60. The van der Waals surface area contributed by atoms with Gasteiger partial charge in [0.15, 0.2) is 5.79 Å². The number of hydrogen-bond donors (Lipinski definition) is 1. The van der Waals surface area contributed by atoms with E-state index in [0.717, 1.165) is 39.1 Å². The third-order valence-electron chi connectivity index (χ3n) is 4.32. The highest BCUT2D eigenvalue weighted by Gasteiger charge is 2.34. The molecule has 1 aromatic rings. The van der Waals surface area contributed by atoms with E-state index < -0.39 is 5.79 Å². The molecule has 0 spiro atoms. The van der Waals surface area contributed by atoms with Gasteiger partial charge in [-0.2, -0.15) is 0 Å². The largest absolute Gasteiger partial charge is 0.347 e. The lowest BCUT2D eigenvalue weighted by molar-refractivity contribution is -0.139. The van der Waals surface area contributed by atoms with E-state index in [-0.39, 0.29) is 6.10 Å². The van der Waals surface area contributed by atoms with Crippen molar-refractivity contribution in [2.45, 2.75) is 32.2 Å². The topological polar surface area (TPSA) is 33.7 Å². The van der Waals surface area contributed by atoms with Gasteiger partial charge < -0.3 is 19.7 Å². The number of rotatable bonds is 4. The molecule has 3 rings (SSSR count). The number of benzene rings is 1. The van der Waals surface area contributed by atoms with Crippen LogP contribution in [0.15, 0.2) is 24.3 Å². The molecular formula is C17H26N2O2. The lowest BCUT2D eigenvalue weighted by Crippen LogP contribution is -2.44. The van der Waals surface area contributed by atoms with Crippen LogP contribution < -0.4 is 5.32 Å². The summed E-state index contributed by atoms with van der Waals surface area (Å²) in [5.74, 6) is -0.462. The van der Waals surface area contributed by atoms with Crippen molar-refractivity contribution in [1.29, 1.82) is 0 Å². The zero-order valence-corrected chi connectivity index (χ0v) is 13.1. The minimum atomic E-state index is -0.462. The Hall–Kier alpha value is -0.940. The minimum Gasteiger partial charge on any atom is -0.347 e. The second-order valence-corrected chi connectivity index (χ2v) is 6.36. The normalized spacial score (nSPS) is 26.1. The van der Waals surface area contributed by atoms with Crippen molar-refractivity contribution >= 4 is 0 Å². The zero-order valence-electron chi connectivity index (χ0n) is 13.1. The zero-order chi connectivity index (χ0) is 14.7. The molecule has 1 unspecified atom stereocenters. The van der Waals surface area contributed by atoms with Crippen molar-refractivity contribution in [2.24, 2.45) is 0 Å². The number of nitrogens with one attached hydrogen (secondary N) is 1. The summed E-state index contributed by atoms with van der Waals surface area (Å²) in [6.45, 7) is 10.3. The molecule has 4 heteroatoms. The van der Waals surface area contributed by atoms with Crippen LogP contribution >= 0.6 is 0 Å². The molecular weight excluding hydrogens is 264 g/mol. The summed E-state index contributed by atoms with van der Waals surface area (Å²) in [4.78, 5) is 2.53. The minimum absolute atomic E-state index is 0.0687. The van der Waals surface area contributed by atoms with E-state index in [0.29, 0.717) is 6.61 Å². The summed E-state index contributed by atoms with van der Waals surface area (Å²) >= 11 is 0. The van der Waals surface area contributed by atoms with E-state index in [1.807, 2.05) is 13.8 Å². The van der Waals surface area contributed by atoms with Gasteiger partial charge in [-0.3, -0.25) is 0 Å². The molecule has 2 heterocycles. The van der Waals surface area contributed by atoms with E-state index in [1.54, 1.807) is 0 Å². The van der Waals surface area contributed by atoms with Gasteiger partial charge in [-0.15, -0.1) is 0 Å². The van der Waals surface area contributed by atoms with E-state index in [2.05, 4.69) is 34.5 Å². The smallest absolute Gasteiger partial charge is 0.163 e. The third kappa shape index (κ3) is 3.83. The summed E-state index contributed by atoms with van der Waals surface area (Å²) < 4.78 is 11.7. The Balaban J connectivity index is 1.65. The fourth-order valence-electron chi connectivity index (χ4n) is 3.13. The molecule has 2 fully saturated rings. The molecule has 0 bridgehead atoms. The van der Waals surface area contributed by atoms with Crippen LogP contribution in [-0.4, -0.2) is 50.0 Å². The van der Waals surface area contributed by atoms with Crippen molar-refractivity contribution in [2.75, 3.05) is 39.3 Å². The molecule has 2 aliphatic heterocycles. The van der Waals surface area contributed by atoms with Crippen molar-refractivity contribution in [3.05, 3.63) is 35.4 Å². The first-order chi connectivity index (χ1) is 10.1. The number of nitrogens with zero attached hydrogens (tertiary/aromatic N) is 1. The number of hydrogen-bond acceptors (Lipinski definition) is 4. The van der Waals surface area contributed by atoms with Crippen LogP contribution in [0, 0.1) is 0 Å². The Morgan fingerprint density at radius 1 is 1.24 bits per heavy atom. The van der Waals surface area contributed by atoms with Crippen LogP contribution in [-0.2, 0) is 15.9 Å². The van der Waals surface area contributed by atoms with Crippen LogP contribution in [0.25, 0.3) is 0 Å². The van der Waals surface area contributed by atoms with Crippen LogP contribution in [0.1, 0.15) is 31.1 Å². The SMILES string of the molecule is CC1(C)OCC(c2ccccc2CCN2CCNCC2)O1. The van der Waals surface area contributed by atoms with Crippen LogP contribution in [0.4, 0.5) is 0 Å². The van der Waals surface area contributed by atoms with Gasteiger partial charge in [0.05, 0.1) is 6.61 Å². The Morgan fingerprint density at radius 2 is 2.00 bits per heavy atom. The van der Waals surface area contributed by atoms with Crippen LogP contribution in [0.2, 0.25) is 0 Å². The van der Waals surface area contributed by atoms with Gasteiger partial charge in [0.1, 0.15) is 6.10 Å². The Labute approximate surface area is 127 Å². The summed E-state index contributed by atoms with van der Waals surface area (Å²) in [7, 11) is 0. The van der Waals surface area contributed by atoms with Gasteiger partial charge in [0.25, 0.3) is 0 Å². The average Bonchev–Trinajstić information content (AvgIpc) is 2.86. The monoisotopic (exact) mass is 290 g/mol. The summed E-state index contributed by atoms with van der Waals surface area (Å²) in [5.41, 5.74) is 2.68. The molecule has 1 atom stereocenters. The summed E-state index contributed by atoms with van der Waals surface area (Å²) in [6, 6.07) is 8.63. The van der Waals surface area contributed by atoms with Gasteiger partial charge in [-0.1, -0.05) is 24.3 Å². The van der Waals surface area contributed by atoms with Gasteiger partial charge in [-0.25, -0.2) is 0 Å². The van der Waals surface area contributed by atoms with E-state index in [9.17, 15) is 0 Å². The predicted molar refractivity (Wildman–Crippen MR) is 83.3 cm³/mol. The van der Waals surface area contributed by atoms with Gasteiger partial charge in [0.2, 0.25) is 0 Å². The Bertz CT molecular complexity index is 470. The maximum absolute atomic E-state index is 6.02. The molecule has 0 radical (unpaired) electrons. The standard InChI is InChI=1S/C17H26N2O2/c1-17(2)20-13-16(21-17)15-6-4-3-5-14(15)7-10-19-11-8-18-9-12-19/h3-6,16,18H,7-13H2,1-2H3. The lowest BCUT2D eigenvalue weighted by Gasteiger charge is -2.27. The molecule has 21 heavy (non-hydrogen) atoms. The molecule has 0 aliphatic carbocycles. The first-order valence-corrected chi connectivity index (χ1v) is 7.97. The first kappa shape index (κ1) is 15.0. The number of ether oxygens (including phenoxy) is 2. The van der Waals surface area contributed by atoms with Crippen molar-refractivity contribution in [3.8, 4) is 0 Å². The van der Waals surface area contributed by atoms with Crippen molar-refractivity contribution in [3.63, 3.8) is 0 Å². The molecule has 1 N–H and O–H groups in total. The maximum atomic E-state index is 6.02. The molecule has 2 aliphatic rings. The molecule has 0 amide bonds. The van der Waals surface area contributed by atoms with E-state index >= 15 is 0 Å². The summed E-state index contributed by atoms with van der Waals surface area (Å²) in [6.07, 6.45) is 1.15. The predicted octanol–water partition coefficient (Wildman–Crippen LogP) is 1.96. The van der Waals surface area contributed by atoms with Crippen molar-refractivity contribution in [1.82, 2.24) is 10.2 Å². The van der Waals surface area contributed by atoms with Crippen LogP contribution in [0.3, 0.4) is 0 Å². The second kappa shape index (κ2) is 6.44. The first-order valence-electron chi connectivity index (χ1n) is 7.97. The second-order valence-electron chi connectivity index (χ2n) is 6.36. The fourth-order valence-corrected chi connectivity index (χ4v) is 3.13. The highest BCUT2D eigenvalue weighted by atomic mass is 16.7. The van der Waals surface area contributed by atoms with Gasteiger partial charge in [-0.05, 0) is 31.4 Å². The summed E-state index contributed by atoms with van der Waals surface area (Å²) in [5, 5.41) is 3.40. The quantitative estimate of drug-likeness (QED) is 0.919. The Morgan fingerprint density at radius 3 is 2.71 bits per heavy atom. The highest BCUT2D eigenvalue weighted by Crippen LogP contribution is 2.34. The van der Waals surface area contributed by atoms with Gasteiger partial charge in [0, 0.05) is 32.7 Å². The number of piperazine rings is 1. The van der Waals surface area contributed by atoms with Crippen LogP contribution in [0.5, 0.6) is 0 Å². The van der Waals surface area contributed by atoms with Gasteiger partial charge >= 0.3 is 0 Å². The molecule has 116 valence electrons. The third-order valence-corrected chi connectivity index (χ3v) is 4.32. The molecule has 0 aromatic heterocycles. The molecule has 4 nitrogen and oxygen atoms in total.